The molecule has 0 fully saturated rings. The molecule has 312 valence electrons. The predicted molar refractivity (Wildman–Crippen MR) is 250 cm³/mol. The van der Waals surface area contributed by atoms with Crippen molar-refractivity contribution in [2.45, 2.75) is 13.2 Å². The molecule has 9 rings (SSSR count). The summed E-state index contributed by atoms with van der Waals surface area (Å²) in [4.78, 5) is 61.8. The lowest BCUT2D eigenvalue weighted by Crippen LogP contribution is -2.29. The van der Waals surface area contributed by atoms with E-state index in [2.05, 4.69) is 21.3 Å². The summed E-state index contributed by atoms with van der Waals surface area (Å²) in [5, 5.41) is 13.3. The molecule has 0 saturated carbocycles. The first-order valence-corrected chi connectivity index (χ1v) is 20.6. The number of ether oxygens (including phenoxy) is 2. The quantitative estimate of drug-likeness (QED) is 0.0784. The third-order valence-corrected chi connectivity index (χ3v) is 10.6. The van der Waals surface area contributed by atoms with Crippen LogP contribution in [0.25, 0.3) is 0 Å². The molecule has 0 spiro atoms. The van der Waals surface area contributed by atoms with Crippen molar-refractivity contribution in [2.24, 2.45) is 0 Å². The Kier molecular flexibility index (Phi) is 11.7. The molecule has 8 aromatic rings. The Labute approximate surface area is 369 Å². The largest absolute Gasteiger partial charge is 0.457 e. The van der Waals surface area contributed by atoms with Crippen LogP contribution < -0.4 is 21.3 Å². The van der Waals surface area contributed by atoms with Crippen molar-refractivity contribution >= 4 is 69.0 Å². The summed E-state index contributed by atoms with van der Waals surface area (Å²) in [5.74, 6) is -3.03. The van der Waals surface area contributed by atoms with E-state index in [1.807, 2.05) is 133 Å². The normalized spacial score (nSPS) is 11.4. The summed E-state index contributed by atoms with van der Waals surface area (Å²) in [6.07, 6.45) is 0. The summed E-state index contributed by atoms with van der Waals surface area (Å²) < 4.78 is 12.1. The van der Waals surface area contributed by atoms with Gasteiger partial charge in [-0.1, -0.05) is 133 Å². The van der Waals surface area contributed by atoms with Gasteiger partial charge in [-0.15, -0.1) is 0 Å². The van der Waals surface area contributed by atoms with Crippen molar-refractivity contribution < 1.29 is 28.7 Å². The topological polar surface area (TPSA) is 135 Å². The van der Waals surface area contributed by atoms with Gasteiger partial charge in [0, 0.05) is 22.7 Å². The maximum absolute atomic E-state index is 15.9. The molecular weight excluding hydrogens is 801 g/mol. The maximum Gasteiger partial charge on any atom is 0.341 e. The number of hydrogen-bond donors (Lipinski definition) is 4. The second-order valence-corrected chi connectivity index (χ2v) is 14.9. The van der Waals surface area contributed by atoms with Gasteiger partial charge in [0.05, 0.1) is 45.0 Å². The van der Waals surface area contributed by atoms with E-state index in [0.29, 0.717) is 45.3 Å². The highest BCUT2D eigenvalue weighted by molar-refractivity contribution is 6.37. The molecule has 0 aliphatic heterocycles. The number of esters is 2. The van der Waals surface area contributed by atoms with Crippen LogP contribution in [-0.4, -0.2) is 23.5 Å². The summed E-state index contributed by atoms with van der Waals surface area (Å²) in [5.41, 5.74) is 3.45. The Morgan fingerprint density at radius 2 is 0.625 bits per heavy atom. The van der Waals surface area contributed by atoms with Crippen LogP contribution in [0.2, 0.25) is 0 Å². The molecule has 0 aromatic heterocycles. The fraction of sp³-hybridized carbons (Fsp3) is 0.0370. The van der Waals surface area contributed by atoms with E-state index in [0.717, 1.165) is 0 Å². The molecule has 0 amide bonds. The average molecular weight is 841 g/mol. The van der Waals surface area contributed by atoms with Crippen LogP contribution in [0.15, 0.2) is 194 Å². The van der Waals surface area contributed by atoms with Crippen LogP contribution in [0.4, 0.5) is 45.5 Å². The average Bonchev–Trinajstić information content (AvgIpc) is 3.34. The number of fused-ring (bicyclic) bond motifs is 2. The first kappa shape index (κ1) is 40.6. The van der Waals surface area contributed by atoms with Crippen LogP contribution in [0.1, 0.15) is 63.7 Å². The molecule has 0 unspecified atom stereocenters. The van der Waals surface area contributed by atoms with Crippen LogP contribution in [0.3, 0.4) is 0 Å². The molecule has 10 heteroatoms. The number of carbonyl (C=O) groups excluding carboxylic acids is 4. The molecule has 0 radical (unpaired) electrons. The third kappa shape index (κ3) is 8.57. The van der Waals surface area contributed by atoms with Gasteiger partial charge in [0.2, 0.25) is 0 Å². The molecule has 0 bridgehead atoms. The molecule has 10 nitrogen and oxygen atoms in total. The third-order valence-electron chi connectivity index (χ3n) is 10.6. The second-order valence-electron chi connectivity index (χ2n) is 14.9. The summed E-state index contributed by atoms with van der Waals surface area (Å²) in [6.45, 7) is -0.312. The van der Waals surface area contributed by atoms with E-state index in [1.165, 1.54) is 0 Å². The lowest BCUT2D eigenvalue weighted by atomic mass is 9.77. The highest BCUT2D eigenvalue weighted by Gasteiger charge is 2.43. The van der Waals surface area contributed by atoms with Crippen molar-refractivity contribution in [3.63, 3.8) is 0 Å². The molecule has 8 aromatic carbocycles. The van der Waals surface area contributed by atoms with E-state index in [-0.39, 0.29) is 58.0 Å². The van der Waals surface area contributed by atoms with Crippen molar-refractivity contribution in [1.29, 1.82) is 0 Å². The van der Waals surface area contributed by atoms with Gasteiger partial charge in [-0.3, -0.25) is 9.59 Å². The number of ketones is 2. The second kappa shape index (κ2) is 18.5. The van der Waals surface area contributed by atoms with Crippen LogP contribution in [0.5, 0.6) is 0 Å². The zero-order chi connectivity index (χ0) is 43.8. The Bertz CT molecular complexity index is 2780. The molecule has 0 heterocycles. The highest BCUT2D eigenvalue weighted by Crippen LogP contribution is 2.48. The van der Waals surface area contributed by atoms with Crippen LogP contribution >= 0.6 is 0 Å². The highest BCUT2D eigenvalue weighted by atomic mass is 16.5. The summed E-state index contributed by atoms with van der Waals surface area (Å²) in [6, 6.07) is 58.1. The fourth-order valence-electron chi connectivity index (χ4n) is 7.67. The number of carbonyl (C=O) groups is 4. The SMILES string of the molecule is O=C(OCc1ccccc1)c1c(Nc2ccccc2)c2c(c(Nc3ccccc3)c1C(=O)OCc1ccccc1)C(=O)c1c(Nc3ccccc3)ccc(Nc3ccccc3)c1C2=O. The van der Waals surface area contributed by atoms with Crippen molar-refractivity contribution in [1.82, 2.24) is 0 Å². The summed E-state index contributed by atoms with van der Waals surface area (Å²) in [7, 11) is 0. The van der Waals surface area contributed by atoms with Gasteiger partial charge in [-0.05, 0) is 71.8 Å². The van der Waals surface area contributed by atoms with Crippen LogP contribution in [0, 0.1) is 0 Å². The fourth-order valence-corrected chi connectivity index (χ4v) is 7.67. The summed E-state index contributed by atoms with van der Waals surface area (Å²) >= 11 is 0. The number of anilines is 8. The van der Waals surface area contributed by atoms with Gasteiger partial charge >= 0.3 is 11.9 Å². The van der Waals surface area contributed by atoms with Gasteiger partial charge in [0.25, 0.3) is 0 Å². The molecule has 0 atom stereocenters. The minimum Gasteiger partial charge on any atom is -0.457 e. The minimum atomic E-state index is -0.930. The van der Waals surface area contributed by atoms with E-state index in [4.69, 9.17) is 9.47 Å². The molecule has 1 aliphatic rings. The molecular formula is C54H40N4O6. The van der Waals surface area contributed by atoms with Gasteiger partial charge < -0.3 is 30.7 Å². The Morgan fingerprint density at radius 1 is 0.344 bits per heavy atom. The number of rotatable bonds is 14. The first-order chi connectivity index (χ1) is 31.4. The maximum atomic E-state index is 15.9. The zero-order valence-corrected chi connectivity index (χ0v) is 34.3. The van der Waals surface area contributed by atoms with E-state index < -0.39 is 23.5 Å². The Hall–Kier alpha value is -8.76. The van der Waals surface area contributed by atoms with Crippen LogP contribution in [-0.2, 0) is 22.7 Å². The van der Waals surface area contributed by atoms with Crippen molar-refractivity contribution in [2.75, 3.05) is 21.3 Å². The lowest BCUT2D eigenvalue weighted by Gasteiger charge is -2.30. The van der Waals surface area contributed by atoms with Gasteiger partial charge in [-0.25, -0.2) is 9.59 Å². The van der Waals surface area contributed by atoms with E-state index >= 15 is 19.2 Å². The molecule has 4 N–H and O–H groups in total. The predicted octanol–water partition coefficient (Wildman–Crippen LogP) is 12.2. The molecule has 0 saturated heterocycles. The number of nitrogens with one attached hydrogen (secondary N) is 4. The van der Waals surface area contributed by atoms with Gasteiger partial charge in [0.1, 0.15) is 24.3 Å². The standard InChI is InChI=1S/C54H40N4O6/c59-51-43-41(55-37-23-11-3-12-24-37)31-32-42(56-38-25-13-4-14-26-38)44(43)52(60)46-45(51)49(57-39-27-15-5-16-28-39)47(53(61)63-33-35-19-7-1-8-20-35)48(50(46)58-40-29-17-6-18-30-40)54(62)64-34-36-21-9-2-10-22-36/h1-32,55-58H,33-34H2. The lowest BCUT2D eigenvalue weighted by molar-refractivity contribution is 0.0427. The molecule has 1 aliphatic carbocycles. The zero-order valence-electron chi connectivity index (χ0n) is 34.3. The van der Waals surface area contributed by atoms with E-state index in [1.54, 1.807) is 60.7 Å². The minimum absolute atomic E-state index is 0.0621. The number of para-hydroxylation sites is 4. The van der Waals surface area contributed by atoms with Crippen molar-refractivity contribution in [3.05, 3.63) is 239 Å². The number of benzene rings is 8. The Morgan fingerprint density at radius 3 is 0.938 bits per heavy atom. The van der Waals surface area contributed by atoms with E-state index in [9.17, 15) is 0 Å². The Balaban J connectivity index is 1.34. The smallest absolute Gasteiger partial charge is 0.341 e. The first-order valence-electron chi connectivity index (χ1n) is 20.6. The van der Waals surface area contributed by atoms with Gasteiger partial charge in [0.15, 0.2) is 11.6 Å². The monoisotopic (exact) mass is 840 g/mol. The molecule has 64 heavy (non-hydrogen) atoms. The van der Waals surface area contributed by atoms with Gasteiger partial charge in [-0.2, -0.15) is 0 Å². The van der Waals surface area contributed by atoms with Crippen molar-refractivity contribution in [3.8, 4) is 0 Å². The number of hydrogen-bond acceptors (Lipinski definition) is 10.